The minimum atomic E-state index is -0.246. The average molecular weight is 365 g/mol. The van der Waals surface area contributed by atoms with Crippen LogP contribution in [0.1, 0.15) is 30.6 Å². The fourth-order valence-electron chi connectivity index (χ4n) is 3.59. The maximum atomic E-state index is 12.7. The van der Waals surface area contributed by atoms with Crippen LogP contribution >= 0.6 is 11.3 Å². The van der Waals surface area contributed by atoms with E-state index in [0.717, 1.165) is 32.5 Å². The van der Waals surface area contributed by atoms with Gasteiger partial charge < -0.3 is 15.4 Å². The maximum Gasteiger partial charge on any atom is 0.236 e. The third-order valence-corrected chi connectivity index (χ3v) is 5.92. The molecule has 7 heteroatoms. The highest BCUT2D eigenvalue weighted by Gasteiger charge is 2.28. The van der Waals surface area contributed by atoms with Gasteiger partial charge in [0.1, 0.15) is 0 Å². The maximum absolute atomic E-state index is 12.7. The SMILES string of the molecule is NC(=O)C1CCN(C(=O)CN(Cc2cccs2)CC2CCCO2)CC1. The first-order valence-corrected chi connectivity index (χ1v) is 9.93. The number of amides is 2. The zero-order valence-corrected chi connectivity index (χ0v) is 15.4. The Balaban J connectivity index is 1.55. The van der Waals surface area contributed by atoms with Crippen molar-refractivity contribution >= 4 is 23.2 Å². The Morgan fingerprint density at radius 1 is 1.32 bits per heavy atom. The van der Waals surface area contributed by atoms with Gasteiger partial charge in [0.15, 0.2) is 0 Å². The highest BCUT2D eigenvalue weighted by Crippen LogP contribution is 2.19. The topological polar surface area (TPSA) is 75.9 Å². The summed E-state index contributed by atoms with van der Waals surface area (Å²) in [6.07, 6.45) is 3.76. The van der Waals surface area contributed by atoms with Crippen LogP contribution in [0.2, 0.25) is 0 Å². The number of hydrogen-bond acceptors (Lipinski definition) is 5. The van der Waals surface area contributed by atoms with Gasteiger partial charge >= 0.3 is 0 Å². The van der Waals surface area contributed by atoms with Crippen molar-refractivity contribution in [3.63, 3.8) is 0 Å². The van der Waals surface area contributed by atoms with Crippen LogP contribution < -0.4 is 5.73 Å². The Bertz CT molecular complexity index is 564. The smallest absolute Gasteiger partial charge is 0.236 e. The monoisotopic (exact) mass is 365 g/mol. The Hall–Kier alpha value is -1.44. The first-order chi connectivity index (χ1) is 12.1. The lowest BCUT2D eigenvalue weighted by molar-refractivity contribution is -0.136. The van der Waals surface area contributed by atoms with Gasteiger partial charge in [0.2, 0.25) is 11.8 Å². The number of carbonyl (C=O) groups excluding carboxylic acids is 2. The van der Waals surface area contributed by atoms with E-state index < -0.39 is 0 Å². The van der Waals surface area contributed by atoms with E-state index >= 15 is 0 Å². The van der Waals surface area contributed by atoms with Crippen LogP contribution in [-0.4, -0.2) is 60.5 Å². The second-order valence-corrected chi connectivity index (χ2v) is 7.97. The van der Waals surface area contributed by atoms with Crippen molar-refractivity contribution in [3.8, 4) is 0 Å². The molecular formula is C18H27N3O3S. The van der Waals surface area contributed by atoms with Crippen LogP contribution in [0.3, 0.4) is 0 Å². The summed E-state index contributed by atoms with van der Waals surface area (Å²) in [5.74, 6) is -0.194. The first kappa shape index (κ1) is 18.4. The van der Waals surface area contributed by atoms with E-state index in [0.29, 0.717) is 32.5 Å². The summed E-state index contributed by atoms with van der Waals surface area (Å²) in [6, 6.07) is 4.15. The summed E-state index contributed by atoms with van der Waals surface area (Å²) < 4.78 is 5.76. The molecule has 3 heterocycles. The van der Waals surface area contributed by atoms with E-state index in [-0.39, 0.29) is 23.8 Å². The van der Waals surface area contributed by atoms with E-state index in [1.807, 2.05) is 11.0 Å². The summed E-state index contributed by atoms with van der Waals surface area (Å²) in [5.41, 5.74) is 5.37. The van der Waals surface area contributed by atoms with Gasteiger partial charge in [0.25, 0.3) is 0 Å². The van der Waals surface area contributed by atoms with Crippen LogP contribution in [0.4, 0.5) is 0 Å². The highest BCUT2D eigenvalue weighted by molar-refractivity contribution is 7.09. The minimum Gasteiger partial charge on any atom is -0.377 e. The molecule has 0 aliphatic carbocycles. The average Bonchev–Trinajstić information content (AvgIpc) is 3.29. The summed E-state index contributed by atoms with van der Waals surface area (Å²) in [5, 5.41) is 2.07. The highest BCUT2D eigenvalue weighted by atomic mass is 32.1. The second kappa shape index (κ2) is 8.78. The zero-order chi connectivity index (χ0) is 17.6. The molecule has 138 valence electrons. The molecule has 2 aliphatic rings. The van der Waals surface area contributed by atoms with Crippen LogP contribution in [-0.2, 0) is 20.9 Å². The molecule has 0 radical (unpaired) electrons. The third kappa shape index (κ3) is 5.26. The summed E-state index contributed by atoms with van der Waals surface area (Å²) in [4.78, 5) is 29.3. The first-order valence-electron chi connectivity index (χ1n) is 9.05. The molecule has 1 unspecified atom stereocenters. The number of primary amides is 1. The second-order valence-electron chi connectivity index (χ2n) is 6.94. The number of ether oxygens (including phenoxy) is 1. The van der Waals surface area contributed by atoms with Crippen LogP contribution in [0.15, 0.2) is 17.5 Å². The number of thiophene rings is 1. The van der Waals surface area contributed by atoms with Gasteiger partial charge in [-0.15, -0.1) is 11.3 Å². The van der Waals surface area contributed by atoms with Gasteiger partial charge in [-0.2, -0.15) is 0 Å². The third-order valence-electron chi connectivity index (χ3n) is 5.05. The van der Waals surface area contributed by atoms with E-state index in [1.54, 1.807) is 11.3 Å². The van der Waals surface area contributed by atoms with Crippen molar-refractivity contribution in [2.24, 2.45) is 11.7 Å². The molecule has 2 fully saturated rings. The molecule has 0 bridgehead atoms. The molecule has 1 aromatic rings. The lowest BCUT2D eigenvalue weighted by Gasteiger charge is -2.33. The number of rotatable bonds is 7. The van der Waals surface area contributed by atoms with Gasteiger partial charge in [-0.1, -0.05) is 6.07 Å². The molecule has 2 saturated heterocycles. The Morgan fingerprint density at radius 3 is 2.72 bits per heavy atom. The van der Waals surface area contributed by atoms with Crippen LogP contribution in [0.25, 0.3) is 0 Å². The van der Waals surface area contributed by atoms with E-state index in [1.165, 1.54) is 4.88 Å². The number of nitrogens with zero attached hydrogens (tertiary/aromatic N) is 2. The Kier molecular flexibility index (Phi) is 6.45. The minimum absolute atomic E-state index is 0.0850. The van der Waals surface area contributed by atoms with Crippen molar-refractivity contribution < 1.29 is 14.3 Å². The number of carbonyl (C=O) groups is 2. The molecule has 0 spiro atoms. The molecule has 2 N–H and O–H groups in total. The van der Waals surface area contributed by atoms with Crippen molar-refractivity contribution in [2.45, 2.75) is 38.3 Å². The zero-order valence-electron chi connectivity index (χ0n) is 14.6. The molecule has 2 amide bonds. The number of hydrogen-bond donors (Lipinski definition) is 1. The molecular weight excluding hydrogens is 338 g/mol. The van der Waals surface area contributed by atoms with Crippen molar-refractivity contribution in [2.75, 3.05) is 32.8 Å². The molecule has 2 aliphatic heterocycles. The fraction of sp³-hybridized carbons (Fsp3) is 0.667. The molecule has 1 aromatic heterocycles. The van der Waals surface area contributed by atoms with Crippen LogP contribution in [0, 0.1) is 5.92 Å². The predicted octanol–water partition coefficient (Wildman–Crippen LogP) is 1.45. The van der Waals surface area contributed by atoms with Crippen LogP contribution in [0.5, 0.6) is 0 Å². The van der Waals surface area contributed by atoms with E-state index in [9.17, 15) is 9.59 Å². The molecule has 1 atom stereocenters. The summed E-state index contributed by atoms with van der Waals surface area (Å²) in [6.45, 7) is 4.05. The molecule has 6 nitrogen and oxygen atoms in total. The molecule has 25 heavy (non-hydrogen) atoms. The Labute approximate surface area is 152 Å². The van der Waals surface area contributed by atoms with Gasteiger partial charge in [0.05, 0.1) is 12.6 Å². The predicted molar refractivity (Wildman–Crippen MR) is 97.1 cm³/mol. The van der Waals surface area contributed by atoms with Gasteiger partial charge in [-0.05, 0) is 37.1 Å². The van der Waals surface area contributed by atoms with Crippen molar-refractivity contribution in [1.82, 2.24) is 9.80 Å². The van der Waals surface area contributed by atoms with Gasteiger partial charge in [0, 0.05) is 43.6 Å². The normalized spacial score (nSPS) is 21.8. The largest absolute Gasteiger partial charge is 0.377 e. The molecule has 0 aromatic carbocycles. The van der Waals surface area contributed by atoms with Crippen molar-refractivity contribution in [1.29, 1.82) is 0 Å². The van der Waals surface area contributed by atoms with Gasteiger partial charge in [-0.25, -0.2) is 0 Å². The summed E-state index contributed by atoms with van der Waals surface area (Å²) >= 11 is 1.72. The molecule has 0 saturated carbocycles. The fourth-order valence-corrected chi connectivity index (χ4v) is 4.34. The summed E-state index contributed by atoms with van der Waals surface area (Å²) in [7, 11) is 0. The van der Waals surface area contributed by atoms with E-state index in [4.69, 9.17) is 10.5 Å². The van der Waals surface area contributed by atoms with Crippen molar-refractivity contribution in [3.05, 3.63) is 22.4 Å². The quantitative estimate of drug-likeness (QED) is 0.794. The van der Waals surface area contributed by atoms with Gasteiger partial charge in [-0.3, -0.25) is 14.5 Å². The number of likely N-dealkylation sites (tertiary alicyclic amines) is 1. The van der Waals surface area contributed by atoms with E-state index in [2.05, 4.69) is 16.3 Å². The number of piperidine rings is 1. The lowest BCUT2D eigenvalue weighted by atomic mass is 9.96. The molecule has 3 rings (SSSR count). The lowest BCUT2D eigenvalue weighted by Crippen LogP contribution is -2.46. The standard InChI is InChI=1S/C18H27N3O3S/c19-18(23)14-5-7-21(8-6-14)17(22)13-20(11-15-3-1-9-24-15)12-16-4-2-10-25-16/h2,4,10,14-15H,1,3,5-9,11-13H2,(H2,19,23). The Morgan fingerprint density at radius 2 is 2.12 bits per heavy atom. The number of nitrogens with two attached hydrogens (primary N) is 1.